The molecule has 1 aromatic carbocycles. The summed E-state index contributed by atoms with van der Waals surface area (Å²) in [7, 11) is 1.69. The van der Waals surface area contributed by atoms with Crippen molar-refractivity contribution >= 4 is 22.5 Å². The Morgan fingerprint density at radius 3 is 2.52 bits per heavy atom. The molecule has 27 heavy (non-hydrogen) atoms. The number of urea groups is 1. The van der Waals surface area contributed by atoms with Crippen molar-refractivity contribution in [3.8, 4) is 0 Å². The van der Waals surface area contributed by atoms with Crippen LogP contribution in [0.1, 0.15) is 26.7 Å². The molecule has 2 atom stereocenters. The average molecular weight is 370 g/mol. The Morgan fingerprint density at radius 1 is 1.15 bits per heavy atom. The molecule has 2 aromatic rings. The van der Waals surface area contributed by atoms with Crippen LogP contribution < -0.4 is 16.2 Å². The zero-order valence-electron chi connectivity index (χ0n) is 16.5. The summed E-state index contributed by atoms with van der Waals surface area (Å²) in [4.78, 5) is 27.0. The van der Waals surface area contributed by atoms with Gasteiger partial charge in [-0.25, -0.2) is 4.79 Å². The maximum absolute atomic E-state index is 12.3. The van der Waals surface area contributed by atoms with Gasteiger partial charge in [0.1, 0.15) is 0 Å². The van der Waals surface area contributed by atoms with Gasteiger partial charge in [-0.2, -0.15) is 0 Å². The topological polar surface area (TPSA) is 66.4 Å². The summed E-state index contributed by atoms with van der Waals surface area (Å²) in [6.07, 6.45) is 3.91. The Labute approximate surface area is 160 Å². The van der Waals surface area contributed by atoms with Gasteiger partial charge >= 0.3 is 6.03 Å². The van der Waals surface area contributed by atoms with Gasteiger partial charge in [-0.1, -0.05) is 32.0 Å². The van der Waals surface area contributed by atoms with E-state index in [1.54, 1.807) is 19.3 Å². The minimum Gasteiger partial charge on any atom is -0.338 e. The fourth-order valence-corrected chi connectivity index (χ4v) is 4.16. The van der Waals surface area contributed by atoms with Gasteiger partial charge in [-0.15, -0.1) is 0 Å². The average Bonchev–Trinajstić information content (AvgIpc) is 2.62. The molecule has 1 aliphatic heterocycles. The van der Waals surface area contributed by atoms with Gasteiger partial charge in [0.2, 0.25) is 0 Å². The number of nitrogens with zero attached hydrogens (tertiary/aromatic N) is 2. The first-order valence-corrected chi connectivity index (χ1v) is 9.79. The number of carbonyl (C=O) groups excluding carboxylic acids is 1. The summed E-state index contributed by atoms with van der Waals surface area (Å²) < 4.78 is 1.50. The summed E-state index contributed by atoms with van der Waals surface area (Å²) in [5.41, 5.74) is 0.574. The maximum Gasteiger partial charge on any atom is 0.319 e. The third kappa shape index (κ3) is 4.89. The standard InChI is InChI=1S/C21H30N4O2/c1-15-11-16(2)13-25(12-15)10-6-9-22-21(27)23-19-14-24(3)20(26)18-8-5-4-7-17(18)19/h4-5,7-8,14-16H,6,9-13H2,1-3H3,(H2,22,23,27). The van der Waals surface area contributed by atoms with E-state index in [4.69, 9.17) is 0 Å². The molecule has 3 rings (SSSR count). The highest BCUT2D eigenvalue weighted by molar-refractivity contribution is 6.00. The minimum atomic E-state index is -0.237. The number of aryl methyl sites for hydroxylation is 1. The molecule has 0 saturated carbocycles. The van der Waals surface area contributed by atoms with Crippen molar-refractivity contribution in [1.82, 2.24) is 14.8 Å². The second-order valence-electron chi connectivity index (χ2n) is 7.94. The second kappa shape index (κ2) is 8.57. The van der Waals surface area contributed by atoms with E-state index in [9.17, 15) is 9.59 Å². The third-order valence-corrected chi connectivity index (χ3v) is 5.22. The van der Waals surface area contributed by atoms with Crippen LogP contribution in [-0.2, 0) is 7.05 Å². The highest BCUT2D eigenvalue weighted by Crippen LogP contribution is 2.21. The fourth-order valence-electron chi connectivity index (χ4n) is 4.16. The third-order valence-electron chi connectivity index (χ3n) is 5.22. The lowest BCUT2D eigenvalue weighted by molar-refractivity contribution is 0.140. The molecule has 1 fully saturated rings. The van der Waals surface area contributed by atoms with Gasteiger partial charge in [0, 0.05) is 43.7 Å². The van der Waals surface area contributed by atoms with E-state index < -0.39 is 0 Å². The highest BCUT2D eigenvalue weighted by Gasteiger charge is 2.21. The van der Waals surface area contributed by atoms with Crippen molar-refractivity contribution in [1.29, 1.82) is 0 Å². The van der Waals surface area contributed by atoms with Gasteiger partial charge in [-0.05, 0) is 37.3 Å². The molecule has 1 aliphatic rings. The number of piperidine rings is 1. The molecule has 6 nitrogen and oxygen atoms in total. The van der Waals surface area contributed by atoms with E-state index in [-0.39, 0.29) is 11.6 Å². The van der Waals surface area contributed by atoms with Crippen molar-refractivity contribution in [2.45, 2.75) is 26.7 Å². The summed E-state index contributed by atoms with van der Waals surface area (Å²) in [5, 5.41) is 7.17. The van der Waals surface area contributed by atoms with Gasteiger partial charge in [-0.3, -0.25) is 4.79 Å². The van der Waals surface area contributed by atoms with Crippen LogP contribution in [-0.4, -0.2) is 41.7 Å². The molecule has 0 radical (unpaired) electrons. The molecule has 0 bridgehead atoms. The number of hydrogen-bond acceptors (Lipinski definition) is 3. The van der Waals surface area contributed by atoms with Crippen molar-refractivity contribution < 1.29 is 4.79 Å². The number of likely N-dealkylation sites (tertiary alicyclic amines) is 1. The summed E-state index contributed by atoms with van der Waals surface area (Å²) in [6.45, 7) is 8.57. The summed E-state index contributed by atoms with van der Waals surface area (Å²) >= 11 is 0. The molecule has 2 N–H and O–H groups in total. The monoisotopic (exact) mass is 370 g/mol. The number of rotatable bonds is 5. The molecule has 0 spiro atoms. The number of pyridine rings is 1. The van der Waals surface area contributed by atoms with Crippen LogP contribution in [0.5, 0.6) is 0 Å². The Balaban J connectivity index is 1.52. The second-order valence-corrected chi connectivity index (χ2v) is 7.94. The first-order chi connectivity index (χ1) is 12.9. The van der Waals surface area contributed by atoms with E-state index in [0.29, 0.717) is 17.6 Å². The molecular formula is C21H30N4O2. The minimum absolute atomic E-state index is 0.0680. The first-order valence-electron chi connectivity index (χ1n) is 9.79. The Hall–Kier alpha value is -2.34. The molecular weight excluding hydrogens is 340 g/mol. The van der Waals surface area contributed by atoms with Crippen molar-refractivity contribution in [3.63, 3.8) is 0 Å². The van der Waals surface area contributed by atoms with E-state index in [0.717, 1.165) is 43.3 Å². The number of benzene rings is 1. The fraction of sp³-hybridized carbons (Fsp3) is 0.524. The molecule has 2 unspecified atom stereocenters. The van der Waals surface area contributed by atoms with Crippen LogP contribution >= 0.6 is 0 Å². The van der Waals surface area contributed by atoms with E-state index in [1.165, 1.54) is 11.0 Å². The predicted molar refractivity (Wildman–Crippen MR) is 110 cm³/mol. The molecule has 2 heterocycles. The number of nitrogens with one attached hydrogen (secondary N) is 2. The summed E-state index contributed by atoms with van der Waals surface area (Å²) in [5.74, 6) is 1.51. The molecule has 1 saturated heterocycles. The Kier molecular flexibility index (Phi) is 6.16. The van der Waals surface area contributed by atoms with Crippen LogP contribution in [0.2, 0.25) is 0 Å². The van der Waals surface area contributed by atoms with E-state index in [2.05, 4.69) is 29.4 Å². The van der Waals surface area contributed by atoms with Crippen LogP contribution in [0.25, 0.3) is 10.8 Å². The first kappa shape index (κ1) is 19.4. The maximum atomic E-state index is 12.3. The predicted octanol–water partition coefficient (Wildman–Crippen LogP) is 3.03. The Morgan fingerprint density at radius 2 is 1.81 bits per heavy atom. The lowest BCUT2D eigenvalue weighted by Gasteiger charge is -2.34. The van der Waals surface area contributed by atoms with Gasteiger partial charge in [0.05, 0.1) is 5.69 Å². The largest absolute Gasteiger partial charge is 0.338 e. The molecule has 146 valence electrons. The van der Waals surface area contributed by atoms with Crippen LogP contribution in [0, 0.1) is 11.8 Å². The van der Waals surface area contributed by atoms with Crippen molar-refractivity contribution in [2.24, 2.45) is 18.9 Å². The van der Waals surface area contributed by atoms with Crippen LogP contribution in [0.3, 0.4) is 0 Å². The number of fused-ring (bicyclic) bond motifs is 1. The van der Waals surface area contributed by atoms with Crippen LogP contribution in [0.15, 0.2) is 35.3 Å². The zero-order chi connectivity index (χ0) is 19.4. The van der Waals surface area contributed by atoms with Gasteiger partial charge < -0.3 is 20.1 Å². The van der Waals surface area contributed by atoms with Crippen molar-refractivity contribution in [3.05, 3.63) is 40.8 Å². The summed E-state index contributed by atoms with van der Waals surface area (Å²) in [6, 6.07) is 7.09. The molecule has 2 amide bonds. The lowest BCUT2D eigenvalue weighted by Crippen LogP contribution is -2.40. The normalized spacial score (nSPS) is 20.6. The smallest absolute Gasteiger partial charge is 0.319 e. The number of carbonyl (C=O) groups is 1. The van der Waals surface area contributed by atoms with E-state index >= 15 is 0 Å². The molecule has 6 heteroatoms. The van der Waals surface area contributed by atoms with Gasteiger partial charge in [0.15, 0.2) is 0 Å². The van der Waals surface area contributed by atoms with Crippen molar-refractivity contribution in [2.75, 3.05) is 31.5 Å². The van der Waals surface area contributed by atoms with Gasteiger partial charge in [0.25, 0.3) is 5.56 Å². The SMILES string of the molecule is CC1CC(C)CN(CCCNC(=O)Nc2cn(C)c(=O)c3ccccc23)C1. The number of hydrogen-bond donors (Lipinski definition) is 2. The number of anilines is 1. The molecule has 1 aromatic heterocycles. The van der Waals surface area contributed by atoms with Crippen LogP contribution in [0.4, 0.5) is 10.5 Å². The number of amides is 2. The number of aromatic nitrogens is 1. The molecule has 0 aliphatic carbocycles. The highest BCUT2D eigenvalue weighted by atomic mass is 16.2. The zero-order valence-corrected chi connectivity index (χ0v) is 16.5. The Bertz CT molecular complexity index is 851. The van der Waals surface area contributed by atoms with E-state index in [1.807, 2.05) is 18.2 Å². The lowest BCUT2D eigenvalue weighted by atomic mass is 9.92. The quantitative estimate of drug-likeness (QED) is 0.795.